The highest BCUT2D eigenvalue weighted by atomic mass is 16.6. The number of carboxylic acids is 1. The molecule has 9 heteroatoms. The second kappa shape index (κ2) is 4.63. The number of rotatable bonds is 4. The quantitative estimate of drug-likeness (QED) is 0.455. The maximum Gasteiger partial charge on any atom is 0.271 e. The minimum atomic E-state index is -2.14. The number of hydrogen-bond acceptors (Lipinski definition) is 7. The van der Waals surface area contributed by atoms with E-state index in [9.17, 15) is 25.1 Å². The van der Waals surface area contributed by atoms with E-state index in [1.54, 1.807) is 0 Å². The Bertz CT molecular complexity index is 652. The second-order valence-corrected chi connectivity index (χ2v) is 3.79. The third-order valence-corrected chi connectivity index (χ3v) is 2.52. The van der Waals surface area contributed by atoms with Gasteiger partial charge >= 0.3 is 0 Å². The van der Waals surface area contributed by atoms with Crippen molar-refractivity contribution in [2.75, 3.05) is 0 Å². The average Bonchev–Trinajstić information content (AvgIpc) is 2.79. The first-order valence-electron chi connectivity index (χ1n) is 5.11. The molecule has 0 bridgehead atoms. The molecule has 2 atom stereocenters. The molecular weight excluding hydrogens is 258 g/mol. The summed E-state index contributed by atoms with van der Waals surface area (Å²) in [4.78, 5) is 26.7. The number of benzene rings is 1. The standard InChI is InChI=1S/C10H9N3O6/c14-7(8(15)10(16)17)9-11-5-2-1-4(13(18)19)3-6(5)12-9/h1-3,7-8,14-15H,(H,11,12)(H,16,17)/p-1/t7-,8+/m0/s1. The van der Waals surface area contributed by atoms with Gasteiger partial charge in [-0.1, -0.05) is 0 Å². The number of hydrogen-bond donors (Lipinski definition) is 3. The molecule has 0 unspecified atom stereocenters. The number of non-ortho nitro benzene ring substituents is 1. The lowest BCUT2D eigenvalue weighted by Crippen LogP contribution is -2.39. The molecule has 0 fully saturated rings. The van der Waals surface area contributed by atoms with Gasteiger partial charge in [-0.3, -0.25) is 10.1 Å². The Morgan fingerprint density at radius 3 is 2.68 bits per heavy atom. The molecule has 0 saturated heterocycles. The van der Waals surface area contributed by atoms with Gasteiger partial charge in [0.15, 0.2) is 0 Å². The van der Waals surface area contributed by atoms with Crippen molar-refractivity contribution in [2.45, 2.75) is 12.2 Å². The molecule has 1 aromatic heterocycles. The van der Waals surface area contributed by atoms with Crippen molar-refractivity contribution in [1.82, 2.24) is 9.97 Å². The molecule has 9 nitrogen and oxygen atoms in total. The van der Waals surface area contributed by atoms with Gasteiger partial charge in [-0.15, -0.1) is 0 Å². The van der Waals surface area contributed by atoms with Crippen LogP contribution in [-0.2, 0) is 4.79 Å². The molecule has 2 rings (SSSR count). The molecule has 100 valence electrons. The molecule has 0 amide bonds. The lowest BCUT2D eigenvalue weighted by Gasteiger charge is -2.15. The molecule has 0 radical (unpaired) electrons. The summed E-state index contributed by atoms with van der Waals surface area (Å²) >= 11 is 0. The summed E-state index contributed by atoms with van der Waals surface area (Å²) in [5.41, 5.74) is 0.358. The Hall–Kier alpha value is -2.52. The van der Waals surface area contributed by atoms with E-state index in [4.69, 9.17) is 5.11 Å². The van der Waals surface area contributed by atoms with E-state index in [1.807, 2.05) is 0 Å². The summed E-state index contributed by atoms with van der Waals surface area (Å²) in [6.45, 7) is 0. The minimum absolute atomic E-state index is 0.183. The van der Waals surface area contributed by atoms with Crippen LogP contribution in [0, 0.1) is 10.1 Å². The van der Waals surface area contributed by atoms with Crippen LogP contribution in [0.15, 0.2) is 18.2 Å². The van der Waals surface area contributed by atoms with Gasteiger partial charge in [0, 0.05) is 12.1 Å². The smallest absolute Gasteiger partial charge is 0.271 e. The van der Waals surface area contributed by atoms with Crippen molar-refractivity contribution in [2.24, 2.45) is 0 Å². The average molecular weight is 266 g/mol. The largest absolute Gasteiger partial charge is 0.547 e. The lowest BCUT2D eigenvalue weighted by atomic mass is 10.2. The zero-order chi connectivity index (χ0) is 14.2. The Morgan fingerprint density at radius 1 is 1.42 bits per heavy atom. The predicted octanol–water partition coefficient (Wildman–Crippen LogP) is -1.38. The van der Waals surface area contributed by atoms with Gasteiger partial charge in [-0.05, 0) is 6.07 Å². The molecule has 1 heterocycles. The highest BCUT2D eigenvalue weighted by Crippen LogP contribution is 2.22. The maximum atomic E-state index is 10.6. The summed E-state index contributed by atoms with van der Waals surface area (Å²) in [7, 11) is 0. The fourth-order valence-electron chi connectivity index (χ4n) is 1.55. The molecule has 3 N–H and O–H groups in total. The number of carboxylic acid groups (broad SMARTS) is 1. The highest BCUT2D eigenvalue weighted by Gasteiger charge is 2.23. The van der Waals surface area contributed by atoms with Crippen LogP contribution in [0.3, 0.4) is 0 Å². The van der Waals surface area contributed by atoms with Gasteiger partial charge in [0.25, 0.3) is 5.69 Å². The van der Waals surface area contributed by atoms with Gasteiger partial charge in [-0.25, -0.2) is 4.98 Å². The number of nitro groups is 1. The molecule has 1 aromatic carbocycles. The number of fused-ring (bicyclic) bond motifs is 1. The number of imidazole rings is 1. The number of aliphatic carboxylic acids is 1. The van der Waals surface area contributed by atoms with E-state index in [2.05, 4.69) is 9.97 Å². The van der Waals surface area contributed by atoms with Gasteiger partial charge in [-0.2, -0.15) is 0 Å². The summed E-state index contributed by atoms with van der Waals surface area (Å²) in [5, 5.41) is 39.7. The number of nitrogens with zero attached hydrogens (tertiary/aromatic N) is 2. The first-order valence-corrected chi connectivity index (χ1v) is 5.11. The Morgan fingerprint density at radius 2 is 2.11 bits per heavy atom. The van der Waals surface area contributed by atoms with E-state index < -0.39 is 23.1 Å². The predicted molar refractivity (Wildman–Crippen MR) is 58.7 cm³/mol. The third-order valence-electron chi connectivity index (χ3n) is 2.52. The van der Waals surface area contributed by atoms with E-state index in [1.165, 1.54) is 18.2 Å². The third kappa shape index (κ3) is 2.37. The van der Waals surface area contributed by atoms with Crippen LogP contribution in [0.25, 0.3) is 11.0 Å². The number of aliphatic hydroxyl groups is 2. The first kappa shape index (κ1) is 12.9. The van der Waals surface area contributed by atoms with E-state index in [0.717, 1.165) is 0 Å². The number of nitro benzene ring substituents is 1. The number of nitrogens with one attached hydrogen (secondary N) is 1. The van der Waals surface area contributed by atoms with Crippen molar-refractivity contribution in [3.8, 4) is 0 Å². The van der Waals surface area contributed by atoms with E-state index in [0.29, 0.717) is 5.52 Å². The van der Waals surface area contributed by atoms with Gasteiger partial charge in [0.1, 0.15) is 18.0 Å². The number of aliphatic hydroxyl groups excluding tert-OH is 2. The zero-order valence-electron chi connectivity index (χ0n) is 9.31. The molecule has 0 saturated carbocycles. The number of carbonyl (C=O) groups is 1. The number of aromatic amines is 1. The van der Waals surface area contributed by atoms with Crippen LogP contribution in [0.2, 0.25) is 0 Å². The monoisotopic (exact) mass is 266 g/mol. The molecule has 2 aromatic rings. The summed E-state index contributed by atoms with van der Waals surface area (Å²) in [5.74, 6) is -2.06. The lowest BCUT2D eigenvalue weighted by molar-refractivity contribution is -0.384. The van der Waals surface area contributed by atoms with E-state index in [-0.39, 0.29) is 17.0 Å². The van der Waals surface area contributed by atoms with Crippen LogP contribution in [-0.4, -0.2) is 37.2 Å². The summed E-state index contributed by atoms with van der Waals surface area (Å²) < 4.78 is 0. The van der Waals surface area contributed by atoms with E-state index >= 15 is 0 Å². The summed E-state index contributed by atoms with van der Waals surface area (Å²) in [6, 6.07) is 3.74. The fourth-order valence-corrected chi connectivity index (χ4v) is 1.55. The maximum absolute atomic E-state index is 10.6. The Labute approximate surface area is 105 Å². The van der Waals surface area contributed by atoms with Gasteiger partial charge < -0.3 is 25.1 Å². The normalized spacial score (nSPS) is 14.2. The van der Waals surface area contributed by atoms with Crippen LogP contribution >= 0.6 is 0 Å². The van der Waals surface area contributed by atoms with Crippen molar-refractivity contribution < 1.29 is 25.0 Å². The van der Waals surface area contributed by atoms with Gasteiger partial charge in [0.2, 0.25) is 0 Å². The van der Waals surface area contributed by atoms with Crippen LogP contribution < -0.4 is 5.11 Å². The van der Waals surface area contributed by atoms with Gasteiger partial charge in [0.05, 0.1) is 21.9 Å². The molecule has 0 spiro atoms. The minimum Gasteiger partial charge on any atom is -0.547 e. The SMILES string of the molecule is O=C([O-])[C@H](O)[C@H](O)c1nc2ccc([N+](=O)[O-])cc2[nH]1. The molecule has 0 aliphatic heterocycles. The Kier molecular flexibility index (Phi) is 3.15. The van der Waals surface area contributed by atoms with Crippen molar-refractivity contribution in [1.29, 1.82) is 0 Å². The highest BCUT2D eigenvalue weighted by molar-refractivity contribution is 5.78. The zero-order valence-corrected chi connectivity index (χ0v) is 9.31. The molecule has 0 aliphatic rings. The second-order valence-electron chi connectivity index (χ2n) is 3.79. The number of carbonyl (C=O) groups excluding carboxylic acids is 1. The van der Waals surface area contributed by atoms with Crippen molar-refractivity contribution in [3.63, 3.8) is 0 Å². The molecular formula is C10H8N3O6-. The number of aromatic nitrogens is 2. The van der Waals surface area contributed by atoms with Crippen LogP contribution in [0.4, 0.5) is 5.69 Å². The van der Waals surface area contributed by atoms with Crippen molar-refractivity contribution >= 4 is 22.7 Å². The molecule has 19 heavy (non-hydrogen) atoms. The molecule has 0 aliphatic carbocycles. The fraction of sp³-hybridized carbons (Fsp3) is 0.200. The first-order chi connectivity index (χ1) is 8.90. The van der Waals surface area contributed by atoms with Crippen molar-refractivity contribution in [3.05, 3.63) is 34.1 Å². The topological polar surface area (TPSA) is 152 Å². The Balaban J connectivity index is 2.41. The van der Waals surface area contributed by atoms with Crippen LogP contribution in [0.1, 0.15) is 11.9 Å². The van der Waals surface area contributed by atoms with Crippen LogP contribution in [0.5, 0.6) is 0 Å². The summed E-state index contributed by atoms with van der Waals surface area (Å²) in [6.07, 6.45) is -3.95. The number of H-pyrrole nitrogens is 1.